The summed E-state index contributed by atoms with van der Waals surface area (Å²) >= 11 is 8.27. The number of anilines is 1. The lowest BCUT2D eigenvalue weighted by Gasteiger charge is -2.49. The molecule has 2 aliphatic rings. The lowest BCUT2D eigenvalue weighted by Crippen LogP contribution is -2.71. The van der Waals surface area contributed by atoms with Crippen LogP contribution in [0.4, 0.5) is 9.93 Å². The summed E-state index contributed by atoms with van der Waals surface area (Å²) in [4.78, 5) is 62.4. The molecule has 44 heavy (non-hydrogen) atoms. The predicted molar refractivity (Wildman–Crippen MR) is 163 cm³/mol. The fourth-order valence-electron chi connectivity index (χ4n) is 4.00. The van der Waals surface area contributed by atoms with Crippen molar-refractivity contribution in [1.82, 2.24) is 19.6 Å². The van der Waals surface area contributed by atoms with Crippen molar-refractivity contribution in [2.45, 2.75) is 51.3 Å². The number of nitrogens with one attached hydrogen (secondary N) is 2. The van der Waals surface area contributed by atoms with Crippen molar-refractivity contribution < 1.29 is 38.2 Å². The highest BCUT2D eigenvalue weighted by atomic mass is 35.5. The third kappa shape index (κ3) is 7.78. The van der Waals surface area contributed by atoms with Gasteiger partial charge in [-0.25, -0.2) is 9.59 Å². The van der Waals surface area contributed by atoms with Crippen LogP contribution in [0.5, 0.6) is 5.75 Å². The Hall–Kier alpha value is -3.89. The number of hydrogen-bond acceptors (Lipinski definition) is 13. The number of fused-ring (bicyclic) bond motifs is 1. The molecule has 2 aromatic rings. The van der Waals surface area contributed by atoms with Crippen LogP contribution in [0.3, 0.4) is 0 Å². The molecule has 0 spiro atoms. The molecule has 1 aromatic carbocycles. The highest BCUT2D eigenvalue weighted by Crippen LogP contribution is 2.41. The third-order valence-electron chi connectivity index (χ3n) is 5.96. The fourth-order valence-corrected chi connectivity index (χ4v) is 6.23. The summed E-state index contributed by atoms with van der Waals surface area (Å²) in [5.41, 5.74) is 0.307. The van der Waals surface area contributed by atoms with Crippen LogP contribution in [0.25, 0.3) is 0 Å². The number of methoxy groups -OCH3 is 1. The summed E-state index contributed by atoms with van der Waals surface area (Å²) in [6.07, 6.45) is -0.745. The molecule has 17 heteroatoms. The predicted octanol–water partition coefficient (Wildman–Crippen LogP) is 3.27. The van der Waals surface area contributed by atoms with Crippen LogP contribution in [-0.4, -0.2) is 86.2 Å². The third-order valence-corrected chi connectivity index (χ3v) is 8.26. The second-order valence-corrected chi connectivity index (χ2v) is 12.4. The van der Waals surface area contributed by atoms with E-state index in [1.807, 2.05) is 0 Å². The van der Waals surface area contributed by atoms with Crippen molar-refractivity contribution in [3.63, 3.8) is 0 Å². The van der Waals surface area contributed by atoms with Gasteiger partial charge in [0.25, 0.3) is 11.8 Å². The summed E-state index contributed by atoms with van der Waals surface area (Å²) in [5.74, 6) is -1.10. The van der Waals surface area contributed by atoms with E-state index in [4.69, 9.17) is 30.6 Å². The van der Waals surface area contributed by atoms with Gasteiger partial charge in [0.1, 0.15) is 41.7 Å². The van der Waals surface area contributed by atoms with E-state index in [0.717, 1.165) is 17.1 Å². The minimum atomic E-state index is -0.987. The molecule has 3 amide bonds. The second-order valence-electron chi connectivity index (χ2n) is 10.3. The zero-order valence-corrected chi connectivity index (χ0v) is 26.9. The topological polar surface area (TPSA) is 171 Å². The maximum Gasteiger partial charge on any atom is 0.414 e. The molecule has 3 heterocycles. The number of amides is 3. The molecule has 2 unspecified atom stereocenters. The molecule has 4 rings (SSSR count). The number of ether oxygens (including phenoxy) is 3. The van der Waals surface area contributed by atoms with Gasteiger partial charge < -0.3 is 24.4 Å². The van der Waals surface area contributed by atoms with E-state index in [9.17, 15) is 19.2 Å². The zero-order valence-electron chi connectivity index (χ0n) is 24.5. The molecule has 1 saturated heterocycles. The Morgan fingerprint density at radius 3 is 2.57 bits per heavy atom. The van der Waals surface area contributed by atoms with Gasteiger partial charge in [-0.05, 0) is 51.0 Å². The lowest BCUT2D eigenvalue weighted by molar-refractivity contribution is -0.153. The molecule has 1 aromatic heterocycles. The number of benzene rings is 1. The van der Waals surface area contributed by atoms with E-state index in [1.54, 1.807) is 59.1 Å². The molecule has 1 fully saturated rings. The fraction of sp³-hybridized carbons (Fsp3) is 0.444. The smallest absolute Gasteiger partial charge is 0.414 e. The van der Waals surface area contributed by atoms with Gasteiger partial charge in [-0.2, -0.15) is 9.36 Å². The Bertz CT molecular complexity index is 1470. The van der Waals surface area contributed by atoms with E-state index < -0.39 is 40.9 Å². The van der Waals surface area contributed by atoms with Gasteiger partial charge in [-0.15, -0.1) is 23.4 Å². The maximum absolute atomic E-state index is 13.3. The highest BCUT2D eigenvalue weighted by molar-refractivity contribution is 8.00. The Morgan fingerprint density at radius 2 is 1.93 bits per heavy atom. The van der Waals surface area contributed by atoms with Gasteiger partial charge in [0.2, 0.25) is 16.7 Å². The normalized spacial score (nSPS) is 18.2. The van der Waals surface area contributed by atoms with Gasteiger partial charge in [0, 0.05) is 23.2 Å². The van der Waals surface area contributed by atoms with Crippen molar-refractivity contribution >= 4 is 69.6 Å². The maximum atomic E-state index is 13.3. The van der Waals surface area contributed by atoms with E-state index in [2.05, 4.69) is 25.1 Å². The Kier molecular flexibility index (Phi) is 10.7. The number of hydrogen-bond donors (Lipinski definition) is 2. The van der Waals surface area contributed by atoms with Crippen LogP contribution in [0.2, 0.25) is 0 Å². The monoisotopic (exact) mass is 666 g/mol. The molecule has 2 atom stereocenters. The van der Waals surface area contributed by atoms with Gasteiger partial charge >= 0.3 is 12.1 Å². The van der Waals surface area contributed by atoms with Crippen LogP contribution in [0.1, 0.15) is 39.1 Å². The Labute approximate surface area is 266 Å². The number of β-lactam (4-membered cyclic amide) rings is 1. The van der Waals surface area contributed by atoms with Crippen molar-refractivity contribution in [3.05, 3.63) is 46.9 Å². The average molecular weight is 667 g/mol. The molecule has 14 nitrogen and oxygen atoms in total. The van der Waals surface area contributed by atoms with Gasteiger partial charge in [0.15, 0.2) is 0 Å². The van der Waals surface area contributed by atoms with Crippen LogP contribution >= 0.6 is 34.9 Å². The highest BCUT2D eigenvalue weighted by Gasteiger charge is 2.54. The minimum absolute atomic E-state index is 0.0216. The Morgan fingerprint density at radius 1 is 1.20 bits per heavy atom. The van der Waals surface area contributed by atoms with Crippen LogP contribution in [-0.2, 0) is 35.3 Å². The molecule has 2 aliphatic heterocycles. The molecular formula is C27H31ClN6O8S2. The van der Waals surface area contributed by atoms with Crippen LogP contribution in [0.15, 0.2) is 40.7 Å². The second kappa shape index (κ2) is 14.3. The van der Waals surface area contributed by atoms with Gasteiger partial charge in [-0.1, -0.05) is 17.3 Å². The number of alkyl halides is 1. The zero-order chi connectivity index (χ0) is 32.0. The molecular weight excluding hydrogens is 636 g/mol. The van der Waals surface area contributed by atoms with E-state index in [1.165, 1.54) is 16.7 Å². The number of rotatable bonds is 11. The SMILES string of the molecule is CCO/N=C(\C(=O)NC1C(=O)N2C(C(=O)OCc3ccc(OC)cc3)=C(CCl)CSC12)c1nsc(NC(=O)OC(C)(C)C)n1. The van der Waals surface area contributed by atoms with Crippen molar-refractivity contribution in [3.8, 4) is 5.75 Å². The number of carbonyl (C=O) groups excluding carboxylic acids is 4. The van der Waals surface area contributed by atoms with Crippen LogP contribution < -0.4 is 15.4 Å². The largest absolute Gasteiger partial charge is 0.497 e. The van der Waals surface area contributed by atoms with Gasteiger partial charge in [-0.3, -0.25) is 19.8 Å². The number of nitrogens with zero attached hydrogens (tertiary/aromatic N) is 4. The number of oxime groups is 1. The summed E-state index contributed by atoms with van der Waals surface area (Å²) in [6, 6.07) is 6.03. The summed E-state index contributed by atoms with van der Waals surface area (Å²) in [6.45, 7) is 6.93. The van der Waals surface area contributed by atoms with E-state index in [0.29, 0.717) is 17.1 Å². The quantitative estimate of drug-likeness (QED) is 0.119. The first-order valence-electron chi connectivity index (χ1n) is 13.3. The molecule has 236 valence electrons. The minimum Gasteiger partial charge on any atom is -0.497 e. The molecule has 0 radical (unpaired) electrons. The van der Waals surface area contributed by atoms with E-state index >= 15 is 0 Å². The van der Waals surface area contributed by atoms with Gasteiger partial charge in [0.05, 0.1) is 7.11 Å². The van der Waals surface area contributed by atoms with Crippen molar-refractivity contribution in [1.29, 1.82) is 0 Å². The summed E-state index contributed by atoms with van der Waals surface area (Å²) < 4.78 is 20.0. The number of halogens is 1. The molecule has 2 N–H and O–H groups in total. The lowest BCUT2D eigenvalue weighted by atomic mass is 10.0. The van der Waals surface area contributed by atoms with Crippen LogP contribution in [0, 0.1) is 0 Å². The number of esters is 1. The standard InChI is InChI=1S/C27H31ClN6O8S2/c1-6-41-32-17(20-30-25(44-33-20)31-26(38)42-27(2,3)4)21(35)29-18-22(36)34-19(15(11-28)13-43-23(18)34)24(37)40-12-14-7-9-16(39-5)10-8-14/h7-10,18,23H,6,11-13H2,1-5H3,(H,29,35)(H,30,31,33,38)/b32-17-. The first kappa shape index (κ1) is 33.0. The Balaban J connectivity index is 1.44. The molecule has 0 aliphatic carbocycles. The molecule has 0 bridgehead atoms. The average Bonchev–Trinajstić information content (AvgIpc) is 3.44. The van der Waals surface area contributed by atoms with Crippen molar-refractivity contribution in [2.75, 3.05) is 30.7 Å². The summed E-state index contributed by atoms with van der Waals surface area (Å²) in [7, 11) is 1.55. The van der Waals surface area contributed by atoms with Crippen molar-refractivity contribution in [2.24, 2.45) is 5.16 Å². The number of thioether (sulfide) groups is 1. The number of carbonyl (C=O) groups is 4. The number of aromatic nitrogens is 2. The summed E-state index contributed by atoms with van der Waals surface area (Å²) in [5, 5.41) is 8.41. The first-order chi connectivity index (χ1) is 20.9. The molecule has 0 saturated carbocycles. The van der Waals surface area contributed by atoms with E-state index in [-0.39, 0.29) is 41.5 Å². The first-order valence-corrected chi connectivity index (χ1v) is 15.7.